The summed E-state index contributed by atoms with van der Waals surface area (Å²) in [6, 6.07) is 11.0. The van der Waals surface area contributed by atoms with E-state index in [0.29, 0.717) is 16.6 Å². The van der Waals surface area contributed by atoms with Crippen molar-refractivity contribution in [1.82, 2.24) is 9.78 Å². The van der Waals surface area contributed by atoms with Gasteiger partial charge in [-0.1, -0.05) is 52.5 Å². The lowest BCUT2D eigenvalue weighted by atomic mass is 10.2. The molecule has 0 unspecified atom stereocenters. The van der Waals surface area contributed by atoms with Gasteiger partial charge in [-0.25, -0.2) is 8.42 Å². The third-order valence-electron chi connectivity index (χ3n) is 3.39. The molecule has 3 rings (SSSR count). The van der Waals surface area contributed by atoms with Gasteiger partial charge in [0, 0.05) is 17.3 Å². The van der Waals surface area contributed by atoms with Crippen molar-refractivity contribution in [1.29, 1.82) is 0 Å². The van der Waals surface area contributed by atoms with Gasteiger partial charge < -0.3 is 0 Å². The number of aromatic nitrogens is 2. The fourth-order valence-electron chi connectivity index (χ4n) is 2.21. The van der Waals surface area contributed by atoms with Gasteiger partial charge in [-0.15, -0.1) is 0 Å². The number of nitrogens with zero attached hydrogens (tertiary/aromatic N) is 2. The van der Waals surface area contributed by atoms with Crippen LogP contribution >= 0.6 is 46.4 Å². The van der Waals surface area contributed by atoms with Gasteiger partial charge in [-0.2, -0.15) is 5.10 Å². The molecule has 136 valence electrons. The van der Waals surface area contributed by atoms with E-state index in [1.807, 2.05) is 6.07 Å². The third kappa shape index (κ3) is 4.45. The topological polar surface area (TPSA) is 64.0 Å². The molecule has 0 fully saturated rings. The number of hydrogen-bond donors (Lipinski definition) is 1. The largest absolute Gasteiger partial charge is 0.266 e. The molecule has 2 aromatic carbocycles. The van der Waals surface area contributed by atoms with Gasteiger partial charge in [-0.3, -0.25) is 9.40 Å². The minimum absolute atomic E-state index is 0.0668. The molecule has 0 saturated heterocycles. The van der Waals surface area contributed by atoms with Crippen molar-refractivity contribution in [3.8, 4) is 0 Å². The maximum absolute atomic E-state index is 12.5. The Morgan fingerprint density at radius 3 is 2.38 bits per heavy atom. The Morgan fingerprint density at radius 2 is 1.65 bits per heavy atom. The zero-order valence-electron chi connectivity index (χ0n) is 13.0. The molecule has 0 aliphatic heterocycles. The molecule has 3 aromatic rings. The van der Waals surface area contributed by atoms with E-state index in [2.05, 4.69) is 9.82 Å². The normalized spacial score (nSPS) is 11.5. The number of hydrogen-bond acceptors (Lipinski definition) is 3. The second-order valence-electron chi connectivity index (χ2n) is 5.33. The Kier molecular flexibility index (Phi) is 5.69. The number of rotatable bonds is 5. The highest BCUT2D eigenvalue weighted by Crippen LogP contribution is 2.27. The van der Waals surface area contributed by atoms with Crippen LogP contribution in [0.4, 0.5) is 5.82 Å². The van der Waals surface area contributed by atoms with Crippen molar-refractivity contribution < 1.29 is 8.42 Å². The number of halogens is 4. The first-order valence-corrected chi connectivity index (χ1v) is 10.2. The van der Waals surface area contributed by atoms with Crippen LogP contribution in [-0.4, -0.2) is 18.2 Å². The average Bonchev–Trinajstić information content (AvgIpc) is 2.99. The summed E-state index contributed by atoms with van der Waals surface area (Å²) in [4.78, 5) is -0.120. The van der Waals surface area contributed by atoms with Crippen molar-refractivity contribution >= 4 is 62.2 Å². The summed E-state index contributed by atoms with van der Waals surface area (Å²) in [7, 11) is -3.92. The van der Waals surface area contributed by atoms with E-state index in [4.69, 9.17) is 46.4 Å². The van der Waals surface area contributed by atoms with Crippen molar-refractivity contribution in [2.45, 2.75) is 11.4 Å². The zero-order valence-corrected chi connectivity index (χ0v) is 16.8. The highest BCUT2D eigenvalue weighted by atomic mass is 35.5. The van der Waals surface area contributed by atoms with E-state index < -0.39 is 10.0 Å². The van der Waals surface area contributed by atoms with E-state index >= 15 is 0 Å². The average molecular weight is 451 g/mol. The Balaban J connectivity index is 1.79. The molecule has 0 radical (unpaired) electrons. The van der Waals surface area contributed by atoms with Gasteiger partial charge in [0.2, 0.25) is 0 Å². The molecule has 0 spiro atoms. The van der Waals surface area contributed by atoms with Crippen LogP contribution in [0.3, 0.4) is 0 Å². The molecular weight excluding hydrogens is 440 g/mol. The van der Waals surface area contributed by atoms with Crippen LogP contribution in [0.1, 0.15) is 5.56 Å². The monoisotopic (exact) mass is 449 g/mol. The zero-order chi connectivity index (χ0) is 18.9. The molecule has 0 bridgehead atoms. The second-order valence-corrected chi connectivity index (χ2v) is 8.64. The molecule has 5 nitrogen and oxygen atoms in total. The molecule has 1 N–H and O–H groups in total. The van der Waals surface area contributed by atoms with E-state index in [1.54, 1.807) is 23.0 Å². The summed E-state index contributed by atoms with van der Waals surface area (Å²) in [6.07, 6.45) is 1.64. The smallest absolute Gasteiger partial charge is 0.264 e. The van der Waals surface area contributed by atoms with Crippen LogP contribution in [0.15, 0.2) is 53.6 Å². The summed E-state index contributed by atoms with van der Waals surface area (Å²) in [6.45, 7) is 0.399. The molecule has 26 heavy (non-hydrogen) atoms. The molecule has 1 heterocycles. The van der Waals surface area contributed by atoms with Crippen LogP contribution in [0.2, 0.25) is 20.1 Å². The summed E-state index contributed by atoms with van der Waals surface area (Å²) in [5.74, 6) is 0.154. The molecule has 1 aromatic heterocycles. The number of anilines is 1. The van der Waals surface area contributed by atoms with Crippen LogP contribution in [0, 0.1) is 0 Å². The van der Waals surface area contributed by atoms with Gasteiger partial charge in [0.15, 0.2) is 5.82 Å². The van der Waals surface area contributed by atoms with Crippen LogP contribution < -0.4 is 4.72 Å². The Bertz CT molecular complexity index is 1070. The SMILES string of the molecule is O=S(=O)(Nc1ccn(Cc2ccc(Cl)c(Cl)c2)n1)c1cc(Cl)ccc1Cl. The summed E-state index contributed by atoms with van der Waals surface area (Å²) < 4.78 is 28.9. The fraction of sp³-hybridized carbons (Fsp3) is 0.0625. The molecule has 0 amide bonds. The molecule has 0 aliphatic rings. The Labute approximate surface area is 170 Å². The van der Waals surface area contributed by atoms with E-state index in [9.17, 15) is 8.42 Å². The molecule has 0 saturated carbocycles. The van der Waals surface area contributed by atoms with Crippen molar-refractivity contribution in [3.05, 3.63) is 74.3 Å². The third-order valence-corrected chi connectivity index (χ3v) is 6.20. The lowest BCUT2D eigenvalue weighted by Gasteiger charge is -2.08. The minimum Gasteiger partial charge on any atom is -0.266 e. The van der Waals surface area contributed by atoms with E-state index in [-0.39, 0.29) is 20.8 Å². The van der Waals surface area contributed by atoms with Crippen molar-refractivity contribution in [3.63, 3.8) is 0 Å². The van der Waals surface area contributed by atoms with E-state index in [0.717, 1.165) is 5.56 Å². The summed E-state index contributed by atoms with van der Waals surface area (Å²) >= 11 is 23.7. The maximum atomic E-state index is 12.5. The van der Waals surface area contributed by atoms with Crippen LogP contribution in [0.25, 0.3) is 0 Å². The molecule has 0 atom stereocenters. The van der Waals surface area contributed by atoms with Crippen LogP contribution in [-0.2, 0) is 16.6 Å². The van der Waals surface area contributed by atoms with Gasteiger partial charge in [0.05, 0.1) is 21.6 Å². The lowest BCUT2D eigenvalue weighted by molar-refractivity contribution is 0.600. The number of nitrogens with one attached hydrogen (secondary N) is 1. The van der Waals surface area contributed by atoms with Gasteiger partial charge in [0.1, 0.15) is 4.90 Å². The predicted molar refractivity (Wildman–Crippen MR) is 105 cm³/mol. The predicted octanol–water partition coefficient (Wildman–Crippen LogP) is 5.35. The van der Waals surface area contributed by atoms with Gasteiger partial charge in [0.25, 0.3) is 10.0 Å². The van der Waals surface area contributed by atoms with E-state index in [1.165, 1.54) is 24.3 Å². The van der Waals surface area contributed by atoms with Crippen molar-refractivity contribution in [2.75, 3.05) is 4.72 Å². The van der Waals surface area contributed by atoms with Crippen molar-refractivity contribution in [2.24, 2.45) is 0 Å². The number of sulfonamides is 1. The molecule has 0 aliphatic carbocycles. The first kappa shape index (κ1) is 19.3. The van der Waals surface area contributed by atoms with Crippen LogP contribution in [0.5, 0.6) is 0 Å². The molecular formula is C16H11Cl4N3O2S. The highest BCUT2D eigenvalue weighted by molar-refractivity contribution is 7.92. The maximum Gasteiger partial charge on any atom is 0.264 e. The first-order valence-electron chi connectivity index (χ1n) is 7.20. The highest BCUT2D eigenvalue weighted by Gasteiger charge is 2.19. The Hall–Kier alpha value is -1.44. The second kappa shape index (κ2) is 7.66. The summed E-state index contributed by atoms with van der Waals surface area (Å²) in [5, 5.41) is 5.42. The first-order chi connectivity index (χ1) is 12.2. The van der Waals surface area contributed by atoms with Gasteiger partial charge >= 0.3 is 0 Å². The number of benzene rings is 2. The van der Waals surface area contributed by atoms with Gasteiger partial charge in [-0.05, 0) is 35.9 Å². The molecule has 10 heteroatoms. The lowest BCUT2D eigenvalue weighted by Crippen LogP contribution is -2.14. The minimum atomic E-state index is -3.92. The fourth-order valence-corrected chi connectivity index (χ4v) is 4.29. The Morgan fingerprint density at radius 1 is 0.923 bits per heavy atom. The standard InChI is InChI=1S/C16H11Cl4N3O2S/c17-11-2-4-13(19)15(8-11)26(24,25)22-16-5-6-23(21-16)9-10-1-3-12(18)14(20)7-10/h1-8H,9H2,(H,21,22). The summed E-state index contributed by atoms with van der Waals surface area (Å²) in [5.41, 5.74) is 0.870. The quantitative estimate of drug-likeness (QED) is 0.570.